The highest BCUT2D eigenvalue weighted by atomic mass is 16.6. The maximum absolute atomic E-state index is 12.7. The molecular weight excluding hydrogens is 406 g/mol. The highest BCUT2D eigenvalue weighted by molar-refractivity contribution is 6.13. The van der Waals surface area contributed by atoms with E-state index in [9.17, 15) is 24.0 Å². The van der Waals surface area contributed by atoms with Gasteiger partial charge in [0.15, 0.2) is 5.78 Å². The van der Waals surface area contributed by atoms with Crippen LogP contribution in [0.5, 0.6) is 0 Å². The number of amides is 3. The van der Waals surface area contributed by atoms with Crippen LogP contribution in [0, 0.1) is 5.41 Å². The zero-order chi connectivity index (χ0) is 23.2. The van der Waals surface area contributed by atoms with Crippen LogP contribution in [-0.4, -0.2) is 103 Å². The number of hydrogen-bond donors (Lipinski definition) is 0. The summed E-state index contributed by atoms with van der Waals surface area (Å²) < 4.78 is 10.0. The van der Waals surface area contributed by atoms with Crippen molar-refractivity contribution in [3.63, 3.8) is 0 Å². The van der Waals surface area contributed by atoms with Gasteiger partial charge in [-0.3, -0.25) is 29.0 Å². The summed E-state index contributed by atoms with van der Waals surface area (Å²) in [6.07, 6.45) is 2.38. The van der Waals surface area contributed by atoms with E-state index in [-0.39, 0.29) is 57.0 Å². The quantitative estimate of drug-likeness (QED) is 0.354. The van der Waals surface area contributed by atoms with E-state index in [0.717, 1.165) is 4.90 Å². The van der Waals surface area contributed by atoms with Crippen molar-refractivity contribution in [2.45, 2.75) is 33.2 Å². The molecule has 0 saturated carbocycles. The first-order valence-electron chi connectivity index (χ1n) is 10.3. The van der Waals surface area contributed by atoms with Crippen LogP contribution in [0.2, 0.25) is 0 Å². The Balaban J connectivity index is 1.98. The Morgan fingerprint density at radius 1 is 1.10 bits per heavy atom. The smallest absolute Gasteiger partial charge is 0.332 e. The Bertz CT molecular complexity index is 739. The second kappa shape index (κ2) is 10.6. The normalized spacial score (nSPS) is 19.8. The largest absolute Gasteiger partial charge is 0.462 e. The third kappa shape index (κ3) is 6.96. The Labute approximate surface area is 182 Å². The Morgan fingerprint density at radius 3 is 2.32 bits per heavy atom. The highest BCUT2D eigenvalue weighted by Gasteiger charge is 2.34. The molecule has 10 nitrogen and oxygen atoms in total. The fourth-order valence-corrected chi connectivity index (χ4v) is 3.27. The van der Waals surface area contributed by atoms with E-state index in [4.69, 9.17) is 9.47 Å². The lowest BCUT2D eigenvalue weighted by atomic mass is 9.90. The predicted molar refractivity (Wildman–Crippen MR) is 110 cm³/mol. The Hall–Kier alpha value is -2.59. The van der Waals surface area contributed by atoms with Crippen LogP contribution >= 0.6 is 0 Å². The van der Waals surface area contributed by atoms with Gasteiger partial charge in [-0.05, 0) is 0 Å². The summed E-state index contributed by atoms with van der Waals surface area (Å²) in [6.45, 7) is 6.72. The molecule has 1 unspecified atom stereocenters. The van der Waals surface area contributed by atoms with Gasteiger partial charge in [0.05, 0.1) is 12.6 Å². The molecule has 1 atom stereocenters. The molecule has 1 saturated heterocycles. The number of ketones is 1. The molecule has 2 rings (SSSR count). The number of nitrogens with zero attached hydrogens (tertiary/aromatic N) is 3. The molecule has 0 N–H and O–H groups in total. The first-order chi connectivity index (χ1) is 14.5. The zero-order valence-corrected chi connectivity index (χ0v) is 18.6. The molecule has 0 bridgehead atoms. The molecule has 0 aromatic rings. The second-order valence-electron chi connectivity index (χ2n) is 8.66. The minimum atomic E-state index is -0.522. The van der Waals surface area contributed by atoms with Crippen LogP contribution in [0.1, 0.15) is 27.2 Å². The summed E-state index contributed by atoms with van der Waals surface area (Å²) in [5, 5.41) is 0. The lowest BCUT2D eigenvalue weighted by Crippen LogP contribution is -2.58. The van der Waals surface area contributed by atoms with Gasteiger partial charge in [-0.1, -0.05) is 20.8 Å². The van der Waals surface area contributed by atoms with Gasteiger partial charge >= 0.3 is 5.97 Å². The van der Waals surface area contributed by atoms with Crippen LogP contribution in [0.15, 0.2) is 12.2 Å². The molecule has 0 aromatic heterocycles. The van der Waals surface area contributed by atoms with E-state index in [1.807, 2.05) is 25.7 Å². The van der Waals surface area contributed by atoms with Gasteiger partial charge in [-0.2, -0.15) is 0 Å². The van der Waals surface area contributed by atoms with E-state index in [0.29, 0.717) is 13.1 Å². The van der Waals surface area contributed by atoms with Crippen LogP contribution in [0.25, 0.3) is 0 Å². The third-order valence-corrected chi connectivity index (χ3v) is 5.29. The van der Waals surface area contributed by atoms with Gasteiger partial charge in [0.2, 0.25) is 5.91 Å². The molecule has 0 aliphatic carbocycles. The number of ether oxygens (including phenoxy) is 2. The van der Waals surface area contributed by atoms with E-state index in [1.165, 1.54) is 19.3 Å². The van der Waals surface area contributed by atoms with Crippen molar-refractivity contribution < 1.29 is 33.4 Å². The van der Waals surface area contributed by atoms with Crippen molar-refractivity contribution in [3.05, 3.63) is 12.2 Å². The van der Waals surface area contributed by atoms with E-state index < -0.39 is 23.2 Å². The number of esters is 1. The predicted octanol–water partition coefficient (Wildman–Crippen LogP) is -0.381. The molecular formula is C21H31N3O7. The van der Waals surface area contributed by atoms with Gasteiger partial charge < -0.3 is 14.4 Å². The van der Waals surface area contributed by atoms with Crippen LogP contribution in [0.4, 0.5) is 0 Å². The molecule has 1 fully saturated rings. The molecule has 172 valence electrons. The Kier molecular flexibility index (Phi) is 8.46. The van der Waals surface area contributed by atoms with Gasteiger partial charge in [-0.25, -0.2) is 4.79 Å². The first kappa shape index (κ1) is 24.7. The molecule has 10 heteroatoms. The number of hydrogen-bond acceptors (Lipinski definition) is 8. The average molecular weight is 437 g/mol. The molecule has 2 aliphatic rings. The molecule has 0 spiro atoms. The summed E-state index contributed by atoms with van der Waals surface area (Å²) in [7, 11) is 1.39. The van der Waals surface area contributed by atoms with Crippen LogP contribution in [0.3, 0.4) is 0 Å². The number of piperazine rings is 1. The van der Waals surface area contributed by atoms with Gasteiger partial charge in [0, 0.05) is 57.3 Å². The van der Waals surface area contributed by atoms with Gasteiger partial charge in [0.25, 0.3) is 11.8 Å². The maximum atomic E-state index is 12.7. The second-order valence-corrected chi connectivity index (χ2v) is 8.66. The van der Waals surface area contributed by atoms with Gasteiger partial charge in [-0.15, -0.1) is 0 Å². The first-order valence-corrected chi connectivity index (χ1v) is 10.3. The van der Waals surface area contributed by atoms with E-state index in [1.54, 1.807) is 4.90 Å². The van der Waals surface area contributed by atoms with E-state index in [2.05, 4.69) is 0 Å². The fraction of sp³-hybridized carbons (Fsp3) is 0.667. The molecule has 3 amide bonds. The zero-order valence-electron chi connectivity index (χ0n) is 18.6. The van der Waals surface area contributed by atoms with E-state index >= 15 is 0 Å². The number of imide groups is 1. The monoisotopic (exact) mass is 437 g/mol. The topological polar surface area (TPSA) is 114 Å². The van der Waals surface area contributed by atoms with Crippen LogP contribution in [-0.2, 0) is 33.4 Å². The van der Waals surface area contributed by atoms with Crippen molar-refractivity contribution >= 4 is 29.5 Å². The average Bonchev–Trinajstić information content (AvgIpc) is 3.02. The summed E-state index contributed by atoms with van der Waals surface area (Å²) in [5.41, 5.74) is -0.507. The Morgan fingerprint density at radius 2 is 1.74 bits per heavy atom. The van der Waals surface area contributed by atoms with Crippen molar-refractivity contribution in [2.24, 2.45) is 5.41 Å². The van der Waals surface area contributed by atoms with Crippen molar-refractivity contribution in [3.8, 4) is 0 Å². The molecule has 0 radical (unpaired) electrons. The molecule has 2 aliphatic heterocycles. The standard InChI is InChI=1S/C21H31N3O7/c1-21(2,3)16(25)12-22-9-10-23(11-15(22)13-31-20(29)14-30-4)17(26)7-8-24-18(27)5-6-19(24)28/h5-6,15H,7-14H2,1-4H3. The SMILES string of the molecule is COCC(=O)OCC1CN(C(=O)CCN2C(=O)C=CC2=O)CCN1CC(=O)C(C)(C)C. The third-order valence-electron chi connectivity index (χ3n) is 5.29. The summed E-state index contributed by atoms with van der Waals surface area (Å²) in [6, 6.07) is -0.346. The number of carbonyl (C=O) groups excluding carboxylic acids is 5. The summed E-state index contributed by atoms with van der Waals surface area (Å²) >= 11 is 0. The number of Topliss-reactive ketones (excluding diaryl/α,β-unsaturated/α-hetero) is 1. The van der Waals surface area contributed by atoms with Crippen LogP contribution < -0.4 is 0 Å². The molecule has 31 heavy (non-hydrogen) atoms. The molecule has 2 heterocycles. The number of carbonyl (C=O) groups is 5. The highest BCUT2D eigenvalue weighted by Crippen LogP contribution is 2.19. The number of methoxy groups -OCH3 is 1. The lowest BCUT2D eigenvalue weighted by Gasteiger charge is -2.41. The lowest BCUT2D eigenvalue weighted by molar-refractivity contribution is -0.151. The summed E-state index contributed by atoms with van der Waals surface area (Å²) in [4.78, 5) is 64.8. The fourth-order valence-electron chi connectivity index (χ4n) is 3.27. The minimum absolute atomic E-state index is 0.0102. The summed E-state index contributed by atoms with van der Waals surface area (Å²) in [5.74, 6) is -1.52. The number of rotatable bonds is 9. The van der Waals surface area contributed by atoms with Crippen molar-refractivity contribution in [1.82, 2.24) is 14.7 Å². The van der Waals surface area contributed by atoms with Gasteiger partial charge in [0.1, 0.15) is 13.2 Å². The maximum Gasteiger partial charge on any atom is 0.332 e. The van der Waals surface area contributed by atoms with Crippen molar-refractivity contribution in [2.75, 3.05) is 53.0 Å². The minimum Gasteiger partial charge on any atom is -0.462 e. The van der Waals surface area contributed by atoms with Crippen molar-refractivity contribution in [1.29, 1.82) is 0 Å². The molecule has 0 aromatic carbocycles.